The van der Waals surface area contributed by atoms with Crippen LogP contribution in [0.2, 0.25) is 0 Å². The van der Waals surface area contributed by atoms with E-state index in [1.807, 2.05) is 13.8 Å². The number of carbonyl (C=O) groups excluding carboxylic acids is 1. The lowest BCUT2D eigenvalue weighted by molar-refractivity contribution is -0.145. The summed E-state index contributed by atoms with van der Waals surface area (Å²) in [5.74, 6) is -1.29. The number of carbonyl (C=O) groups is 2. The predicted molar refractivity (Wildman–Crippen MR) is 63.1 cm³/mol. The highest BCUT2D eigenvalue weighted by molar-refractivity contribution is 5.85. The van der Waals surface area contributed by atoms with E-state index in [0.717, 1.165) is 12.8 Å². The van der Waals surface area contributed by atoms with Crippen molar-refractivity contribution in [3.63, 3.8) is 0 Å². The second-order valence-electron chi connectivity index (χ2n) is 5.34. The Morgan fingerprint density at radius 2 is 1.81 bits per heavy atom. The second kappa shape index (κ2) is 5.87. The van der Waals surface area contributed by atoms with E-state index in [2.05, 4.69) is 5.32 Å². The first-order chi connectivity index (χ1) is 7.20. The minimum absolute atomic E-state index is 0.130. The standard InChI is InChI=1S/C12H23NO3/c1-6-7-8(2)10(14)13-9(11(15)16)12(3,4)5/h8-9H,6-7H2,1-5H3,(H,13,14)(H,15,16). The summed E-state index contributed by atoms with van der Waals surface area (Å²) in [6.45, 7) is 9.23. The van der Waals surface area contributed by atoms with E-state index >= 15 is 0 Å². The summed E-state index contributed by atoms with van der Waals surface area (Å²) < 4.78 is 0. The van der Waals surface area contributed by atoms with Gasteiger partial charge in [-0.1, -0.05) is 41.0 Å². The van der Waals surface area contributed by atoms with Crippen molar-refractivity contribution in [2.24, 2.45) is 11.3 Å². The Morgan fingerprint density at radius 1 is 1.31 bits per heavy atom. The highest BCUT2D eigenvalue weighted by Crippen LogP contribution is 2.20. The van der Waals surface area contributed by atoms with Crippen LogP contribution >= 0.6 is 0 Å². The molecule has 0 rings (SSSR count). The van der Waals surface area contributed by atoms with Gasteiger partial charge in [-0.15, -0.1) is 0 Å². The quantitative estimate of drug-likeness (QED) is 0.758. The van der Waals surface area contributed by atoms with Gasteiger partial charge in [0.2, 0.25) is 5.91 Å². The molecule has 0 saturated heterocycles. The first-order valence-electron chi connectivity index (χ1n) is 5.73. The van der Waals surface area contributed by atoms with Crippen LogP contribution in [0.1, 0.15) is 47.5 Å². The Balaban J connectivity index is 4.54. The first kappa shape index (κ1) is 14.9. The largest absolute Gasteiger partial charge is 0.480 e. The van der Waals surface area contributed by atoms with Crippen LogP contribution in [-0.2, 0) is 9.59 Å². The van der Waals surface area contributed by atoms with Gasteiger partial charge in [-0.3, -0.25) is 4.79 Å². The van der Waals surface area contributed by atoms with E-state index < -0.39 is 17.4 Å². The molecule has 0 aliphatic heterocycles. The maximum atomic E-state index is 11.7. The maximum Gasteiger partial charge on any atom is 0.326 e. The maximum absolute atomic E-state index is 11.7. The molecule has 0 bridgehead atoms. The normalized spacial score (nSPS) is 15.3. The molecule has 0 aromatic carbocycles. The Morgan fingerprint density at radius 3 is 2.12 bits per heavy atom. The molecule has 94 valence electrons. The van der Waals surface area contributed by atoms with Crippen molar-refractivity contribution in [1.82, 2.24) is 5.32 Å². The number of aliphatic carboxylic acids is 1. The molecule has 0 aliphatic carbocycles. The molecule has 0 aliphatic rings. The smallest absolute Gasteiger partial charge is 0.326 e. The molecule has 0 saturated carbocycles. The molecule has 4 nitrogen and oxygen atoms in total. The van der Waals surface area contributed by atoms with Gasteiger partial charge in [0.1, 0.15) is 6.04 Å². The Kier molecular flexibility index (Phi) is 5.48. The summed E-state index contributed by atoms with van der Waals surface area (Å²) in [7, 11) is 0. The zero-order chi connectivity index (χ0) is 12.9. The van der Waals surface area contributed by atoms with Crippen LogP contribution in [0, 0.1) is 11.3 Å². The van der Waals surface area contributed by atoms with Gasteiger partial charge in [-0.2, -0.15) is 0 Å². The summed E-state index contributed by atoms with van der Waals surface area (Å²) >= 11 is 0. The number of nitrogens with one attached hydrogen (secondary N) is 1. The molecule has 1 amide bonds. The molecule has 0 aromatic rings. The zero-order valence-electron chi connectivity index (χ0n) is 10.8. The average Bonchev–Trinajstić information content (AvgIpc) is 2.11. The second-order valence-corrected chi connectivity index (χ2v) is 5.34. The van der Waals surface area contributed by atoms with Gasteiger partial charge in [0.15, 0.2) is 0 Å². The Labute approximate surface area is 97.4 Å². The van der Waals surface area contributed by atoms with Gasteiger partial charge >= 0.3 is 5.97 Å². The van der Waals surface area contributed by atoms with E-state index in [1.54, 1.807) is 20.8 Å². The third kappa shape index (κ3) is 4.64. The lowest BCUT2D eigenvalue weighted by Crippen LogP contribution is -2.50. The first-order valence-corrected chi connectivity index (χ1v) is 5.73. The van der Waals surface area contributed by atoms with Crippen LogP contribution in [-0.4, -0.2) is 23.0 Å². The number of carboxylic acid groups (broad SMARTS) is 1. The molecule has 0 fully saturated rings. The SMILES string of the molecule is CCCC(C)C(=O)NC(C(=O)O)C(C)(C)C. The summed E-state index contributed by atoms with van der Waals surface area (Å²) in [5.41, 5.74) is -0.479. The summed E-state index contributed by atoms with van der Waals surface area (Å²) in [5, 5.41) is 11.7. The fourth-order valence-corrected chi connectivity index (χ4v) is 1.50. The number of carboxylic acids is 1. The Bertz CT molecular complexity index is 255. The molecule has 0 aromatic heterocycles. The van der Waals surface area contributed by atoms with Crippen molar-refractivity contribution >= 4 is 11.9 Å². The Hall–Kier alpha value is -1.06. The lowest BCUT2D eigenvalue weighted by Gasteiger charge is -2.28. The van der Waals surface area contributed by atoms with Gasteiger partial charge in [0.05, 0.1) is 0 Å². The molecule has 4 heteroatoms. The molecular formula is C12H23NO3. The average molecular weight is 229 g/mol. The van der Waals surface area contributed by atoms with Crippen molar-refractivity contribution in [3.8, 4) is 0 Å². The molecule has 0 radical (unpaired) electrons. The van der Waals surface area contributed by atoms with E-state index in [4.69, 9.17) is 5.11 Å². The third-order valence-corrected chi connectivity index (χ3v) is 2.57. The fraction of sp³-hybridized carbons (Fsp3) is 0.833. The van der Waals surface area contributed by atoms with Gasteiger partial charge in [-0.05, 0) is 11.8 Å². The minimum Gasteiger partial charge on any atom is -0.480 e. The zero-order valence-corrected chi connectivity index (χ0v) is 10.8. The van der Waals surface area contributed by atoms with Crippen molar-refractivity contribution < 1.29 is 14.7 Å². The van der Waals surface area contributed by atoms with Crippen LogP contribution in [0.15, 0.2) is 0 Å². The van der Waals surface area contributed by atoms with Gasteiger partial charge in [0, 0.05) is 5.92 Å². The summed E-state index contributed by atoms with van der Waals surface area (Å²) in [4.78, 5) is 22.8. The van der Waals surface area contributed by atoms with Gasteiger partial charge < -0.3 is 10.4 Å². The van der Waals surface area contributed by atoms with Gasteiger partial charge in [0.25, 0.3) is 0 Å². The monoisotopic (exact) mass is 229 g/mol. The van der Waals surface area contributed by atoms with Crippen molar-refractivity contribution in [3.05, 3.63) is 0 Å². The van der Waals surface area contributed by atoms with Gasteiger partial charge in [-0.25, -0.2) is 4.79 Å². The highest BCUT2D eigenvalue weighted by atomic mass is 16.4. The van der Waals surface area contributed by atoms with Crippen LogP contribution in [0.25, 0.3) is 0 Å². The summed E-state index contributed by atoms with van der Waals surface area (Å²) in [6, 6.07) is -0.834. The van der Waals surface area contributed by atoms with Crippen molar-refractivity contribution in [2.45, 2.75) is 53.5 Å². The van der Waals surface area contributed by atoms with Crippen LogP contribution < -0.4 is 5.32 Å². The molecule has 2 unspecified atom stereocenters. The van der Waals surface area contributed by atoms with Crippen LogP contribution in [0.5, 0.6) is 0 Å². The molecule has 0 spiro atoms. The molecule has 0 heterocycles. The van der Waals surface area contributed by atoms with E-state index in [-0.39, 0.29) is 11.8 Å². The van der Waals surface area contributed by atoms with E-state index in [9.17, 15) is 9.59 Å². The molecular weight excluding hydrogens is 206 g/mol. The number of hydrogen-bond donors (Lipinski definition) is 2. The lowest BCUT2D eigenvalue weighted by atomic mass is 9.86. The third-order valence-electron chi connectivity index (χ3n) is 2.57. The van der Waals surface area contributed by atoms with E-state index in [0.29, 0.717) is 0 Å². The van der Waals surface area contributed by atoms with E-state index in [1.165, 1.54) is 0 Å². The molecule has 2 atom stereocenters. The van der Waals surface area contributed by atoms with Crippen LogP contribution in [0.3, 0.4) is 0 Å². The highest BCUT2D eigenvalue weighted by Gasteiger charge is 2.33. The number of rotatable bonds is 5. The predicted octanol–water partition coefficient (Wildman–Crippen LogP) is 2.04. The fourth-order valence-electron chi connectivity index (χ4n) is 1.50. The molecule has 2 N–H and O–H groups in total. The summed E-state index contributed by atoms with van der Waals surface area (Å²) in [6.07, 6.45) is 1.70. The topological polar surface area (TPSA) is 66.4 Å². The number of amides is 1. The van der Waals surface area contributed by atoms with Crippen LogP contribution in [0.4, 0.5) is 0 Å². The van der Waals surface area contributed by atoms with Crippen molar-refractivity contribution in [1.29, 1.82) is 0 Å². The number of hydrogen-bond acceptors (Lipinski definition) is 2. The minimum atomic E-state index is -0.982. The van der Waals surface area contributed by atoms with Crippen molar-refractivity contribution in [2.75, 3.05) is 0 Å². The molecule has 16 heavy (non-hydrogen) atoms.